The van der Waals surface area contributed by atoms with Gasteiger partial charge in [-0.25, -0.2) is 0 Å². The van der Waals surface area contributed by atoms with Gasteiger partial charge in [-0.2, -0.15) is 0 Å². The van der Waals surface area contributed by atoms with Crippen LogP contribution in [-0.2, 0) is 0 Å². The van der Waals surface area contributed by atoms with Crippen molar-refractivity contribution >= 4 is 0 Å². The average molecular weight is 144 g/mol. The first-order valence-electron chi connectivity index (χ1n) is 3.78. The first kappa shape index (κ1) is 9.92. The molecule has 0 aromatic rings. The number of nitrogens with two attached hydrogens (primary N) is 1. The predicted octanol–water partition coefficient (Wildman–Crippen LogP) is 1.06. The minimum absolute atomic E-state index is 0.0380. The molecule has 2 nitrogen and oxygen atoms in total. The van der Waals surface area contributed by atoms with E-state index in [0.717, 1.165) is 6.42 Å². The molecule has 62 valence electrons. The SMILES string of the molecule is CC(CC(C)(C)N)N(C)C. The Morgan fingerprint density at radius 1 is 1.40 bits per heavy atom. The number of hydrogen-bond donors (Lipinski definition) is 1. The molecule has 0 saturated heterocycles. The maximum Gasteiger partial charge on any atom is 0.0112 e. The lowest BCUT2D eigenvalue weighted by Crippen LogP contribution is -2.39. The van der Waals surface area contributed by atoms with Gasteiger partial charge in [0.1, 0.15) is 0 Å². The van der Waals surface area contributed by atoms with E-state index in [-0.39, 0.29) is 5.54 Å². The van der Waals surface area contributed by atoms with Crippen molar-refractivity contribution in [2.75, 3.05) is 14.1 Å². The predicted molar refractivity (Wildman–Crippen MR) is 46.0 cm³/mol. The van der Waals surface area contributed by atoms with Crippen LogP contribution in [0.3, 0.4) is 0 Å². The first-order chi connectivity index (χ1) is 4.33. The van der Waals surface area contributed by atoms with Crippen molar-refractivity contribution in [2.24, 2.45) is 5.73 Å². The van der Waals surface area contributed by atoms with Crippen LogP contribution in [0.15, 0.2) is 0 Å². The second kappa shape index (κ2) is 3.35. The summed E-state index contributed by atoms with van der Waals surface area (Å²) in [5.41, 5.74) is 5.81. The summed E-state index contributed by atoms with van der Waals surface area (Å²) in [6.07, 6.45) is 1.04. The lowest BCUT2D eigenvalue weighted by molar-refractivity contribution is 0.257. The molecule has 0 fully saturated rings. The van der Waals surface area contributed by atoms with Crippen molar-refractivity contribution in [1.29, 1.82) is 0 Å². The summed E-state index contributed by atoms with van der Waals surface area (Å²) in [6, 6.07) is 0.569. The van der Waals surface area contributed by atoms with Crippen LogP contribution in [0, 0.1) is 0 Å². The topological polar surface area (TPSA) is 29.3 Å². The normalized spacial score (nSPS) is 15.9. The molecule has 2 N–H and O–H groups in total. The molecule has 0 radical (unpaired) electrons. The minimum atomic E-state index is -0.0380. The summed E-state index contributed by atoms with van der Waals surface area (Å²) in [5.74, 6) is 0. The molecular formula is C8H20N2. The Kier molecular flexibility index (Phi) is 3.33. The van der Waals surface area contributed by atoms with Gasteiger partial charge in [-0.05, 0) is 41.3 Å². The fourth-order valence-corrected chi connectivity index (χ4v) is 0.944. The van der Waals surface area contributed by atoms with E-state index in [9.17, 15) is 0 Å². The Bertz CT molecular complexity index is 91.9. The van der Waals surface area contributed by atoms with Gasteiger partial charge in [-0.15, -0.1) is 0 Å². The summed E-state index contributed by atoms with van der Waals surface area (Å²) in [6.45, 7) is 6.31. The van der Waals surface area contributed by atoms with Crippen LogP contribution >= 0.6 is 0 Å². The largest absolute Gasteiger partial charge is 0.326 e. The van der Waals surface area contributed by atoms with E-state index >= 15 is 0 Å². The van der Waals surface area contributed by atoms with Gasteiger partial charge in [0.2, 0.25) is 0 Å². The van der Waals surface area contributed by atoms with Gasteiger partial charge in [-0.1, -0.05) is 0 Å². The summed E-state index contributed by atoms with van der Waals surface area (Å²) in [5, 5.41) is 0. The fraction of sp³-hybridized carbons (Fsp3) is 1.00. The first-order valence-corrected chi connectivity index (χ1v) is 3.78. The lowest BCUT2D eigenvalue weighted by atomic mass is 9.97. The Balaban J connectivity index is 3.68. The molecule has 0 amide bonds. The van der Waals surface area contributed by atoms with E-state index in [2.05, 4.69) is 39.8 Å². The second-order valence-corrected chi connectivity index (χ2v) is 4.01. The van der Waals surface area contributed by atoms with Crippen LogP contribution in [0.2, 0.25) is 0 Å². The third-order valence-electron chi connectivity index (χ3n) is 1.70. The Morgan fingerprint density at radius 3 is 1.90 bits per heavy atom. The van der Waals surface area contributed by atoms with Crippen molar-refractivity contribution in [3.8, 4) is 0 Å². The van der Waals surface area contributed by atoms with Crippen molar-refractivity contribution in [2.45, 2.75) is 38.8 Å². The molecule has 10 heavy (non-hydrogen) atoms. The van der Waals surface area contributed by atoms with Gasteiger partial charge in [0.15, 0.2) is 0 Å². The molecule has 0 aromatic heterocycles. The maximum absolute atomic E-state index is 5.85. The third-order valence-corrected chi connectivity index (χ3v) is 1.70. The van der Waals surface area contributed by atoms with Crippen LogP contribution in [0.4, 0.5) is 0 Å². The molecule has 0 aliphatic rings. The van der Waals surface area contributed by atoms with E-state index in [0.29, 0.717) is 6.04 Å². The number of hydrogen-bond acceptors (Lipinski definition) is 2. The molecule has 0 spiro atoms. The van der Waals surface area contributed by atoms with Crippen molar-refractivity contribution < 1.29 is 0 Å². The van der Waals surface area contributed by atoms with Crippen LogP contribution < -0.4 is 5.73 Å². The molecule has 0 aliphatic carbocycles. The number of rotatable bonds is 3. The Morgan fingerprint density at radius 2 is 1.80 bits per heavy atom. The van der Waals surface area contributed by atoms with Crippen molar-refractivity contribution in [3.63, 3.8) is 0 Å². The highest BCUT2D eigenvalue weighted by atomic mass is 15.1. The number of nitrogens with zero attached hydrogens (tertiary/aromatic N) is 1. The van der Waals surface area contributed by atoms with Crippen LogP contribution in [-0.4, -0.2) is 30.6 Å². The molecule has 1 atom stereocenters. The highest BCUT2D eigenvalue weighted by molar-refractivity contribution is 4.77. The molecule has 0 aliphatic heterocycles. The molecule has 1 unspecified atom stereocenters. The zero-order valence-electron chi connectivity index (χ0n) is 7.81. The van der Waals surface area contributed by atoms with E-state index in [1.54, 1.807) is 0 Å². The van der Waals surface area contributed by atoms with Gasteiger partial charge in [0.05, 0.1) is 0 Å². The van der Waals surface area contributed by atoms with Gasteiger partial charge in [-0.3, -0.25) is 0 Å². The van der Waals surface area contributed by atoms with Gasteiger partial charge >= 0.3 is 0 Å². The third kappa shape index (κ3) is 4.77. The minimum Gasteiger partial charge on any atom is -0.326 e. The molecule has 0 aromatic carbocycles. The van der Waals surface area contributed by atoms with E-state index in [1.165, 1.54) is 0 Å². The van der Waals surface area contributed by atoms with E-state index in [4.69, 9.17) is 5.73 Å². The standard InChI is InChI=1S/C8H20N2/c1-7(10(4)5)6-8(2,3)9/h7H,6,9H2,1-5H3. The molecular weight excluding hydrogens is 124 g/mol. The maximum atomic E-state index is 5.85. The van der Waals surface area contributed by atoms with E-state index < -0.39 is 0 Å². The zero-order chi connectivity index (χ0) is 8.36. The van der Waals surface area contributed by atoms with Crippen LogP contribution in [0.25, 0.3) is 0 Å². The van der Waals surface area contributed by atoms with Crippen LogP contribution in [0.1, 0.15) is 27.2 Å². The Hall–Kier alpha value is -0.0800. The monoisotopic (exact) mass is 144 g/mol. The highest BCUT2D eigenvalue weighted by Crippen LogP contribution is 2.09. The smallest absolute Gasteiger partial charge is 0.0112 e. The lowest BCUT2D eigenvalue weighted by Gasteiger charge is -2.27. The fourth-order valence-electron chi connectivity index (χ4n) is 0.944. The molecule has 0 saturated carbocycles. The van der Waals surface area contributed by atoms with Gasteiger partial charge in [0.25, 0.3) is 0 Å². The molecule has 2 heteroatoms. The summed E-state index contributed by atoms with van der Waals surface area (Å²) in [7, 11) is 4.16. The summed E-state index contributed by atoms with van der Waals surface area (Å²) in [4.78, 5) is 2.19. The van der Waals surface area contributed by atoms with Gasteiger partial charge in [0, 0.05) is 11.6 Å². The molecule has 0 bridgehead atoms. The van der Waals surface area contributed by atoms with Crippen molar-refractivity contribution in [3.05, 3.63) is 0 Å². The Labute approximate surface area is 64.4 Å². The van der Waals surface area contributed by atoms with Gasteiger partial charge < -0.3 is 10.6 Å². The van der Waals surface area contributed by atoms with Crippen molar-refractivity contribution in [1.82, 2.24) is 4.90 Å². The second-order valence-electron chi connectivity index (χ2n) is 4.01. The zero-order valence-corrected chi connectivity index (χ0v) is 7.81. The summed E-state index contributed by atoms with van der Waals surface area (Å²) >= 11 is 0. The quantitative estimate of drug-likeness (QED) is 0.642. The van der Waals surface area contributed by atoms with Crippen LogP contribution in [0.5, 0.6) is 0 Å². The average Bonchev–Trinajstić information content (AvgIpc) is 1.60. The molecule has 0 rings (SSSR count). The van der Waals surface area contributed by atoms with E-state index in [1.807, 2.05) is 0 Å². The molecule has 0 heterocycles. The highest BCUT2D eigenvalue weighted by Gasteiger charge is 2.16. The summed E-state index contributed by atoms with van der Waals surface area (Å²) < 4.78 is 0.